The summed E-state index contributed by atoms with van der Waals surface area (Å²) < 4.78 is 0. The highest BCUT2D eigenvalue weighted by atomic mass is 35.5. The second kappa shape index (κ2) is 6.06. The predicted octanol–water partition coefficient (Wildman–Crippen LogP) is 4.29. The minimum absolute atomic E-state index is 0.589. The Labute approximate surface area is 111 Å². The van der Waals surface area contributed by atoms with E-state index in [2.05, 4.69) is 5.32 Å². The largest absolute Gasteiger partial charge is 0.304 e. The van der Waals surface area contributed by atoms with Crippen molar-refractivity contribution in [1.29, 1.82) is 0 Å². The summed E-state index contributed by atoms with van der Waals surface area (Å²) in [6.07, 6.45) is 0. The Morgan fingerprint density at radius 2 is 1.71 bits per heavy atom. The van der Waals surface area contributed by atoms with Gasteiger partial charge in [0.1, 0.15) is 0 Å². The first kappa shape index (κ1) is 12.4. The van der Waals surface area contributed by atoms with Crippen LogP contribution in [0.1, 0.15) is 11.1 Å². The quantitative estimate of drug-likeness (QED) is 0.869. The van der Waals surface area contributed by atoms with Crippen LogP contribution in [0.25, 0.3) is 0 Å². The fourth-order valence-corrected chi connectivity index (χ4v) is 1.90. The summed E-state index contributed by atoms with van der Waals surface area (Å²) in [5.74, 6) is 0. The van der Waals surface area contributed by atoms with Crippen molar-refractivity contribution >= 4 is 23.2 Å². The van der Waals surface area contributed by atoms with E-state index in [9.17, 15) is 0 Å². The van der Waals surface area contributed by atoms with Gasteiger partial charge in [-0.05, 0) is 17.2 Å². The minimum Gasteiger partial charge on any atom is -0.304 e. The fraction of sp³-hybridized carbons (Fsp3) is 0.0714. The van der Waals surface area contributed by atoms with Crippen molar-refractivity contribution in [2.45, 2.75) is 6.54 Å². The summed E-state index contributed by atoms with van der Waals surface area (Å²) in [4.78, 5) is 0. The normalized spacial score (nSPS) is 10.5. The van der Waals surface area contributed by atoms with Crippen molar-refractivity contribution in [2.24, 2.45) is 0 Å². The van der Waals surface area contributed by atoms with Crippen molar-refractivity contribution in [3.8, 4) is 0 Å². The molecule has 0 unspecified atom stereocenters. The van der Waals surface area contributed by atoms with Crippen LogP contribution < -0.4 is 5.32 Å². The van der Waals surface area contributed by atoms with E-state index in [0.29, 0.717) is 16.6 Å². The van der Waals surface area contributed by atoms with E-state index in [4.69, 9.17) is 23.2 Å². The van der Waals surface area contributed by atoms with Gasteiger partial charge >= 0.3 is 0 Å². The summed E-state index contributed by atoms with van der Waals surface area (Å²) in [6, 6.07) is 15.7. The standard InChI is InChI=1S/C14H12Cl2N/c15-13-8-4-7-12(14(13)16)10-17-9-11-5-2-1-3-6-11/h1-9,17H,10H2. The lowest BCUT2D eigenvalue weighted by Gasteiger charge is -2.07. The van der Waals surface area contributed by atoms with Crippen LogP contribution in [-0.2, 0) is 6.54 Å². The molecule has 0 amide bonds. The van der Waals surface area contributed by atoms with Gasteiger partial charge in [0, 0.05) is 6.54 Å². The van der Waals surface area contributed by atoms with Gasteiger partial charge in [-0.15, -0.1) is 0 Å². The van der Waals surface area contributed by atoms with Gasteiger partial charge in [0.2, 0.25) is 0 Å². The molecule has 0 atom stereocenters. The van der Waals surface area contributed by atoms with Gasteiger partial charge in [-0.3, -0.25) is 0 Å². The summed E-state index contributed by atoms with van der Waals surface area (Å²) in [6.45, 7) is 2.62. The van der Waals surface area contributed by atoms with E-state index in [1.807, 2.05) is 49.0 Å². The predicted molar refractivity (Wildman–Crippen MR) is 73.1 cm³/mol. The average molecular weight is 265 g/mol. The fourth-order valence-electron chi connectivity index (χ4n) is 1.51. The van der Waals surface area contributed by atoms with Crippen LogP contribution in [0.3, 0.4) is 0 Å². The van der Waals surface area contributed by atoms with Crippen molar-refractivity contribution in [1.82, 2.24) is 5.32 Å². The molecule has 1 nitrogen and oxygen atoms in total. The van der Waals surface area contributed by atoms with E-state index in [1.165, 1.54) is 0 Å². The molecule has 0 bridgehead atoms. The van der Waals surface area contributed by atoms with Crippen molar-refractivity contribution in [2.75, 3.05) is 0 Å². The smallest absolute Gasteiger partial charge is 0.0637 e. The van der Waals surface area contributed by atoms with E-state index < -0.39 is 0 Å². The number of hydrogen-bond acceptors (Lipinski definition) is 1. The molecule has 0 fully saturated rings. The maximum absolute atomic E-state index is 6.09. The third kappa shape index (κ3) is 3.47. The third-order valence-corrected chi connectivity index (χ3v) is 3.25. The SMILES string of the molecule is Clc1cccc(CN[CH]c2ccccc2)c1Cl. The Hall–Kier alpha value is -1.02. The van der Waals surface area contributed by atoms with Gasteiger partial charge < -0.3 is 5.32 Å². The molecule has 3 heteroatoms. The van der Waals surface area contributed by atoms with Crippen LogP contribution in [0.2, 0.25) is 10.0 Å². The molecule has 17 heavy (non-hydrogen) atoms. The maximum Gasteiger partial charge on any atom is 0.0637 e. The molecular weight excluding hydrogens is 253 g/mol. The molecule has 0 spiro atoms. The van der Waals surface area contributed by atoms with Gasteiger partial charge in [-0.25, -0.2) is 0 Å². The molecule has 0 aromatic heterocycles. The highest BCUT2D eigenvalue weighted by Gasteiger charge is 2.03. The highest BCUT2D eigenvalue weighted by Crippen LogP contribution is 2.25. The van der Waals surface area contributed by atoms with Crippen LogP contribution in [0.15, 0.2) is 48.5 Å². The zero-order valence-corrected chi connectivity index (χ0v) is 10.7. The zero-order chi connectivity index (χ0) is 12.1. The molecule has 2 rings (SSSR count). The second-order valence-electron chi connectivity index (χ2n) is 3.65. The Kier molecular flexibility index (Phi) is 4.43. The summed E-state index contributed by atoms with van der Waals surface area (Å²) in [5, 5.41) is 4.42. The average Bonchev–Trinajstić information content (AvgIpc) is 2.36. The summed E-state index contributed by atoms with van der Waals surface area (Å²) in [5.41, 5.74) is 2.12. The van der Waals surface area contributed by atoms with Gasteiger partial charge in [0.25, 0.3) is 0 Å². The first-order valence-corrected chi connectivity index (χ1v) is 6.07. The lowest BCUT2D eigenvalue weighted by molar-refractivity contribution is 0.819. The Balaban J connectivity index is 1.93. The molecule has 1 radical (unpaired) electrons. The van der Waals surface area contributed by atoms with Gasteiger partial charge in [0.15, 0.2) is 0 Å². The number of rotatable bonds is 4. The molecule has 2 aromatic rings. The second-order valence-corrected chi connectivity index (χ2v) is 4.43. The highest BCUT2D eigenvalue weighted by molar-refractivity contribution is 6.42. The lowest BCUT2D eigenvalue weighted by Crippen LogP contribution is -2.10. The topological polar surface area (TPSA) is 12.0 Å². The van der Waals surface area contributed by atoms with Gasteiger partial charge in [-0.2, -0.15) is 0 Å². The monoisotopic (exact) mass is 264 g/mol. The molecule has 0 aliphatic rings. The summed E-state index contributed by atoms with van der Waals surface area (Å²) in [7, 11) is 0. The molecule has 2 aromatic carbocycles. The van der Waals surface area contributed by atoms with Crippen molar-refractivity contribution in [3.63, 3.8) is 0 Å². The Bertz CT molecular complexity index is 483. The zero-order valence-electron chi connectivity index (χ0n) is 9.16. The molecule has 0 saturated heterocycles. The molecule has 0 aliphatic heterocycles. The van der Waals surface area contributed by atoms with Crippen molar-refractivity contribution in [3.05, 3.63) is 76.2 Å². The number of halogens is 2. The molecule has 1 N–H and O–H groups in total. The Morgan fingerprint density at radius 1 is 0.941 bits per heavy atom. The van der Waals surface area contributed by atoms with Gasteiger partial charge in [0.05, 0.1) is 16.6 Å². The van der Waals surface area contributed by atoms with Crippen LogP contribution in [0, 0.1) is 6.54 Å². The number of hydrogen-bond donors (Lipinski definition) is 1. The first-order chi connectivity index (χ1) is 8.27. The van der Waals surface area contributed by atoms with Crippen molar-refractivity contribution < 1.29 is 0 Å². The summed E-state index contributed by atoms with van der Waals surface area (Å²) >= 11 is 12.0. The molecule has 0 saturated carbocycles. The molecular formula is C14H12Cl2N. The van der Waals surface area contributed by atoms with Crippen LogP contribution in [-0.4, -0.2) is 0 Å². The number of benzene rings is 2. The maximum atomic E-state index is 6.09. The Morgan fingerprint density at radius 3 is 2.47 bits per heavy atom. The lowest BCUT2D eigenvalue weighted by atomic mass is 10.2. The molecule has 0 heterocycles. The first-order valence-electron chi connectivity index (χ1n) is 5.32. The minimum atomic E-state index is 0.589. The molecule has 87 valence electrons. The van der Waals surface area contributed by atoms with Crippen LogP contribution in [0.5, 0.6) is 0 Å². The molecule has 0 aliphatic carbocycles. The van der Waals surface area contributed by atoms with Crippen LogP contribution >= 0.6 is 23.2 Å². The van der Waals surface area contributed by atoms with E-state index in [0.717, 1.165) is 11.1 Å². The van der Waals surface area contributed by atoms with E-state index in [-0.39, 0.29) is 0 Å². The van der Waals surface area contributed by atoms with E-state index in [1.54, 1.807) is 6.07 Å². The third-order valence-electron chi connectivity index (χ3n) is 2.39. The van der Waals surface area contributed by atoms with Gasteiger partial charge in [-0.1, -0.05) is 65.7 Å². The van der Waals surface area contributed by atoms with Crippen LogP contribution in [0.4, 0.5) is 0 Å². The van der Waals surface area contributed by atoms with E-state index >= 15 is 0 Å². The number of nitrogens with one attached hydrogen (secondary N) is 1.